The van der Waals surface area contributed by atoms with Gasteiger partial charge in [0, 0.05) is 18.6 Å². The van der Waals surface area contributed by atoms with Crippen LogP contribution in [0.4, 0.5) is 0 Å². The maximum absolute atomic E-state index is 12.8. The molecular weight excluding hydrogens is 252 g/mol. The number of nitrogens with zero attached hydrogens (tertiary/aromatic N) is 1. The number of nitrogens with one attached hydrogen (secondary N) is 1. The molecule has 2 fully saturated rings. The van der Waals surface area contributed by atoms with Gasteiger partial charge in [-0.05, 0) is 58.6 Å². The molecule has 20 heavy (non-hydrogen) atoms. The lowest BCUT2D eigenvalue weighted by molar-refractivity contribution is 0.0562. The summed E-state index contributed by atoms with van der Waals surface area (Å²) >= 11 is 0. The molecule has 0 bridgehead atoms. The minimum absolute atomic E-state index is 0.151. The number of amides is 1. The quantitative estimate of drug-likeness (QED) is 0.903. The number of rotatable bonds is 2. The third-order valence-electron chi connectivity index (χ3n) is 4.64. The zero-order valence-corrected chi connectivity index (χ0v) is 12.4. The summed E-state index contributed by atoms with van der Waals surface area (Å²) < 4.78 is 5.52. The highest BCUT2D eigenvalue weighted by atomic mass is 16.3. The lowest BCUT2D eigenvalue weighted by Crippen LogP contribution is -2.52. The molecule has 4 nitrogen and oxygen atoms in total. The van der Waals surface area contributed by atoms with Gasteiger partial charge in [-0.1, -0.05) is 0 Å². The average Bonchev–Trinajstić information content (AvgIpc) is 3.07. The van der Waals surface area contributed by atoms with Gasteiger partial charge in [-0.25, -0.2) is 0 Å². The Hall–Kier alpha value is -1.29. The molecule has 1 aromatic heterocycles. The van der Waals surface area contributed by atoms with Crippen molar-refractivity contribution in [1.82, 2.24) is 10.2 Å². The van der Waals surface area contributed by atoms with Gasteiger partial charge in [-0.2, -0.15) is 0 Å². The minimum atomic E-state index is 0.151. The molecule has 2 saturated heterocycles. The number of aryl methyl sites for hydroxylation is 2. The van der Waals surface area contributed by atoms with Crippen LogP contribution in [0.5, 0.6) is 0 Å². The highest BCUT2D eigenvalue weighted by molar-refractivity contribution is 5.95. The number of hydrogen-bond donors (Lipinski definition) is 1. The molecule has 3 rings (SSSR count). The Morgan fingerprint density at radius 3 is 2.80 bits per heavy atom. The topological polar surface area (TPSA) is 45.5 Å². The maximum Gasteiger partial charge on any atom is 0.257 e. The van der Waals surface area contributed by atoms with E-state index >= 15 is 0 Å². The van der Waals surface area contributed by atoms with E-state index < -0.39 is 0 Å². The van der Waals surface area contributed by atoms with Crippen LogP contribution < -0.4 is 5.32 Å². The van der Waals surface area contributed by atoms with Crippen LogP contribution >= 0.6 is 0 Å². The Balaban J connectivity index is 1.82. The predicted molar refractivity (Wildman–Crippen MR) is 77.9 cm³/mol. The molecule has 2 aliphatic heterocycles. The van der Waals surface area contributed by atoms with E-state index in [1.807, 2.05) is 19.9 Å². The van der Waals surface area contributed by atoms with Gasteiger partial charge in [0.05, 0.1) is 5.56 Å². The van der Waals surface area contributed by atoms with Crippen molar-refractivity contribution in [1.29, 1.82) is 0 Å². The van der Waals surface area contributed by atoms with Crippen LogP contribution in [0.15, 0.2) is 10.5 Å². The van der Waals surface area contributed by atoms with E-state index in [1.165, 1.54) is 19.3 Å². The fourth-order valence-corrected chi connectivity index (χ4v) is 3.67. The zero-order valence-electron chi connectivity index (χ0n) is 12.4. The van der Waals surface area contributed by atoms with E-state index in [-0.39, 0.29) is 5.91 Å². The third-order valence-corrected chi connectivity index (χ3v) is 4.64. The van der Waals surface area contributed by atoms with Crippen LogP contribution in [0.25, 0.3) is 0 Å². The highest BCUT2D eigenvalue weighted by Gasteiger charge is 2.35. The molecule has 0 radical (unpaired) electrons. The van der Waals surface area contributed by atoms with Gasteiger partial charge < -0.3 is 14.6 Å². The molecule has 0 saturated carbocycles. The second kappa shape index (κ2) is 5.60. The van der Waals surface area contributed by atoms with Crippen molar-refractivity contribution >= 4 is 5.91 Å². The molecule has 3 heterocycles. The molecule has 110 valence electrons. The van der Waals surface area contributed by atoms with Gasteiger partial charge in [0.2, 0.25) is 0 Å². The van der Waals surface area contributed by atoms with E-state index in [9.17, 15) is 4.79 Å². The zero-order chi connectivity index (χ0) is 14.1. The van der Waals surface area contributed by atoms with E-state index in [1.54, 1.807) is 0 Å². The molecule has 0 aromatic carbocycles. The Morgan fingerprint density at radius 1 is 1.30 bits per heavy atom. The van der Waals surface area contributed by atoms with Crippen LogP contribution in [-0.2, 0) is 0 Å². The van der Waals surface area contributed by atoms with Gasteiger partial charge in [0.1, 0.15) is 11.5 Å². The smallest absolute Gasteiger partial charge is 0.257 e. The molecule has 0 spiro atoms. The molecule has 1 N–H and O–H groups in total. The Labute approximate surface area is 120 Å². The second-order valence-corrected chi connectivity index (χ2v) is 6.09. The van der Waals surface area contributed by atoms with E-state index in [2.05, 4.69) is 10.2 Å². The number of furan rings is 1. The summed E-state index contributed by atoms with van der Waals surface area (Å²) in [5.74, 6) is 1.72. The van der Waals surface area contributed by atoms with Gasteiger partial charge in [0.15, 0.2) is 0 Å². The van der Waals surface area contributed by atoms with Crippen molar-refractivity contribution in [3.8, 4) is 0 Å². The van der Waals surface area contributed by atoms with Crippen molar-refractivity contribution in [2.75, 3.05) is 13.1 Å². The van der Waals surface area contributed by atoms with E-state index in [0.29, 0.717) is 12.1 Å². The summed E-state index contributed by atoms with van der Waals surface area (Å²) in [6, 6.07) is 2.71. The van der Waals surface area contributed by atoms with Gasteiger partial charge in [-0.15, -0.1) is 0 Å². The predicted octanol–water partition coefficient (Wildman–Crippen LogP) is 2.64. The van der Waals surface area contributed by atoms with Gasteiger partial charge >= 0.3 is 0 Å². The molecule has 1 aromatic rings. The fourth-order valence-electron chi connectivity index (χ4n) is 3.67. The number of hydrogen-bond acceptors (Lipinski definition) is 3. The second-order valence-electron chi connectivity index (χ2n) is 6.09. The maximum atomic E-state index is 12.8. The summed E-state index contributed by atoms with van der Waals surface area (Å²) in [7, 11) is 0. The first-order valence-corrected chi connectivity index (χ1v) is 7.78. The normalized spacial score (nSPS) is 27.0. The Bertz CT molecular complexity index is 489. The summed E-state index contributed by atoms with van der Waals surface area (Å²) in [4.78, 5) is 14.9. The van der Waals surface area contributed by atoms with Crippen molar-refractivity contribution < 1.29 is 9.21 Å². The number of carbonyl (C=O) groups is 1. The minimum Gasteiger partial charge on any atom is -0.466 e. The van der Waals surface area contributed by atoms with Crippen LogP contribution in [0.3, 0.4) is 0 Å². The first kappa shape index (κ1) is 13.7. The lowest BCUT2D eigenvalue weighted by Gasteiger charge is -2.39. The first-order valence-electron chi connectivity index (χ1n) is 7.78. The van der Waals surface area contributed by atoms with Crippen molar-refractivity contribution in [2.45, 2.75) is 58.0 Å². The molecule has 2 atom stereocenters. The Morgan fingerprint density at radius 2 is 2.15 bits per heavy atom. The lowest BCUT2D eigenvalue weighted by atomic mass is 9.93. The van der Waals surface area contributed by atoms with Crippen molar-refractivity contribution in [2.24, 2.45) is 0 Å². The Kier molecular flexibility index (Phi) is 3.83. The molecule has 4 heteroatoms. The number of piperidine rings is 1. The van der Waals surface area contributed by atoms with Gasteiger partial charge in [0.25, 0.3) is 5.91 Å². The molecule has 1 amide bonds. The fraction of sp³-hybridized carbons (Fsp3) is 0.688. The van der Waals surface area contributed by atoms with Crippen LogP contribution in [0.1, 0.15) is 54.0 Å². The van der Waals surface area contributed by atoms with Crippen molar-refractivity contribution in [3.05, 3.63) is 23.2 Å². The summed E-state index contributed by atoms with van der Waals surface area (Å²) in [5.41, 5.74) is 0.743. The summed E-state index contributed by atoms with van der Waals surface area (Å²) in [6.07, 6.45) is 5.89. The molecule has 2 unspecified atom stereocenters. The molecular formula is C16H24N2O2. The van der Waals surface area contributed by atoms with Crippen LogP contribution in [-0.4, -0.2) is 36.0 Å². The summed E-state index contributed by atoms with van der Waals surface area (Å²) in [5, 5.41) is 3.57. The van der Waals surface area contributed by atoms with Crippen LogP contribution in [0, 0.1) is 13.8 Å². The monoisotopic (exact) mass is 276 g/mol. The number of likely N-dealkylation sites (tertiary alicyclic amines) is 1. The molecule has 2 aliphatic rings. The first-order chi connectivity index (χ1) is 9.66. The SMILES string of the molecule is Cc1cc(C(=O)N2CCCCC2C2CCCN2)c(C)o1. The largest absolute Gasteiger partial charge is 0.466 e. The highest BCUT2D eigenvalue weighted by Crippen LogP contribution is 2.27. The van der Waals surface area contributed by atoms with E-state index in [4.69, 9.17) is 4.42 Å². The summed E-state index contributed by atoms with van der Waals surface area (Å²) in [6.45, 7) is 5.75. The molecule has 0 aliphatic carbocycles. The van der Waals surface area contributed by atoms with Crippen molar-refractivity contribution in [3.63, 3.8) is 0 Å². The standard InChI is InChI=1S/C16H24N2O2/c1-11-10-13(12(2)20-11)16(19)18-9-4-3-7-15(18)14-6-5-8-17-14/h10,14-15,17H,3-9H2,1-2H3. The van der Waals surface area contributed by atoms with Crippen LogP contribution in [0.2, 0.25) is 0 Å². The third kappa shape index (κ3) is 2.49. The number of carbonyl (C=O) groups excluding carboxylic acids is 1. The van der Waals surface area contributed by atoms with E-state index in [0.717, 1.165) is 43.0 Å². The van der Waals surface area contributed by atoms with Gasteiger partial charge in [-0.3, -0.25) is 4.79 Å². The average molecular weight is 276 g/mol.